The molecule has 1 heteroatoms. The predicted molar refractivity (Wildman–Crippen MR) is 188 cm³/mol. The van der Waals surface area contributed by atoms with Gasteiger partial charge in [0.25, 0.3) is 0 Å². The maximum absolute atomic E-state index is 6.41. The largest absolute Gasteiger partial charge is 0.455 e. The molecule has 212 valence electrons. The summed E-state index contributed by atoms with van der Waals surface area (Å²) in [4.78, 5) is 0. The summed E-state index contributed by atoms with van der Waals surface area (Å²) in [5.41, 5.74) is 12.2. The van der Waals surface area contributed by atoms with Crippen molar-refractivity contribution in [3.63, 3.8) is 0 Å². The van der Waals surface area contributed by atoms with E-state index in [-0.39, 0.29) is 0 Å². The third kappa shape index (κ3) is 4.31. The van der Waals surface area contributed by atoms with Crippen LogP contribution >= 0.6 is 0 Å². The Morgan fingerprint density at radius 3 is 2.09 bits per heavy atom. The molecule has 0 radical (unpaired) electrons. The maximum Gasteiger partial charge on any atom is 0.142 e. The lowest BCUT2D eigenvalue weighted by atomic mass is 9.80. The quantitative estimate of drug-likeness (QED) is 0.194. The fourth-order valence-electron chi connectivity index (χ4n) is 7.30. The van der Waals surface area contributed by atoms with E-state index >= 15 is 0 Å². The van der Waals surface area contributed by atoms with Crippen LogP contribution in [-0.2, 0) is 0 Å². The van der Waals surface area contributed by atoms with Gasteiger partial charge in [0.2, 0.25) is 0 Å². The van der Waals surface area contributed by atoms with Gasteiger partial charge in [-0.1, -0.05) is 122 Å². The first kappa shape index (κ1) is 26.5. The number of hydrogen-bond acceptors (Lipinski definition) is 1. The molecule has 5 aromatic carbocycles. The molecule has 2 aliphatic carbocycles. The molecule has 0 saturated heterocycles. The minimum Gasteiger partial charge on any atom is -0.455 e. The molecule has 1 heterocycles. The lowest BCUT2D eigenvalue weighted by Crippen LogP contribution is -2.21. The summed E-state index contributed by atoms with van der Waals surface area (Å²) < 4.78 is 6.41. The zero-order valence-electron chi connectivity index (χ0n) is 25.1. The molecule has 0 aliphatic heterocycles. The van der Waals surface area contributed by atoms with Gasteiger partial charge in [-0.25, -0.2) is 0 Å². The number of furan rings is 1. The Kier molecular flexibility index (Phi) is 6.53. The van der Waals surface area contributed by atoms with Gasteiger partial charge in [0, 0.05) is 16.2 Å². The predicted octanol–water partition coefficient (Wildman–Crippen LogP) is 10.4. The van der Waals surface area contributed by atoms with Crippen molar-refractivity contribution in [1.29, 1.82) is 0 Å². The van der Waals surface area contributed by atoms with Gasteiger partial charge in [0.1, 0.15) is 11.0 Å². The van der Waals surface area contributed by atoms with Crippen LogP contribution in [0.5, 0.6) is 0 Å². The first-order chi connectivity index (χ1) is 21.7. The molecule has 6 aromatic rings. The fraction of sp³-hybridized carbons (Fsp3) is 0.116. The van der Waals surface area contributed by atoms with Crippen LogP contribution in [0.4, 0.5) is 0 Å². The van der Waals surface area contributed by atoms with E-state index in [1.54, 1.807) is 0 Å². The summed E-state index contributed by atoms with van der Waals surface area (Å²) >= 11 is 0. The summed E-state index contributed by atoms with van der Waals surface area (Å²) in [5.74, 6) is 0. The molecule has 0 atom stereocenters. The Bertz CT molecular complexity index is 2300. The number of hydrogen-bond donors (Lipinski definition) is 0. The highest BCUT2D eigenvalue weighted by molar-refractivity contribution is 6.19. The van der Waals surface area contributed by atoms with Crippen molar-refractivity contribution in [2.75, 3.05) is 0 Å². The van der Waals surface area contributed by atoms with Crippen LogP contribution in [0.2, 0.25) is 0 Å². The monoisotopic (exact) mass is 566 g/mol. The van der Waals surface area contributed by atoms with E-state index in [1.807, 2.05) is 18.2 Å². The first-order valence-electron chi connectivity index (χ1n) is 15.7. The summed E-state index contributed by atoms with van der Waals surface area (Å²) in [7, 11) is 0. The van der Waals surface area contributed by atoms with Crippen molar-refractivity contribution >= 4 is 50.2 Å². The van der Waals surface area contributed by atoms with Gasteiger partial charge in [-0.3, -0.25) is 0 Å². The van der Waals surface area contributed by atoms with Crippen LogP contribution in [0.3, 0.4) is 0 Å². The smallest absolute Gasteiger partial charge is 0.142 e. The molecule has 0 bridgehead atoms. The van der Waals surface area contributed by atoms with E-state index in [4.69, 9.17) is 4.42 Å². The lowest BCUT2D eigenvalue weighted by molar-refractivity contribution is 0.573. The highest BCUT2D eigenvalue weighted by atomic mass is 16.3. The third-order valence-electron chi connectivity index (χ3n) is 9.32. The van der Waals surface area contributed by atoms with Crippen molar-refractivity contribution in [1.82, 2.24) is 0 Å². The van der Waals surface area contributed by atoms with Gasteiger partial charge in [0.05, 0.1) is 0 Å². The topological polar surface area (TPSA) is 13.1 Å². The van der Waals surface area contributed by atoms with Gasteiger partial charge in [0.15, 0.2) is 0 Å². The second-order valence-electron chi connectivity index (χ2n) is 11.9. The molecule has 0 saturated carbocycles. The fourth-order valence-corrected chi connectivity index (χ4v) is 7.30. The molecule has 0 spiro atoms. The molecule has 2 aliphatic rings. The Labute approximate surface area is 258 Å². The Hall–Kier alpha value is -5.14. The summed E-state index contributed by atoms with van der Waals surface area (Å²) in [6.45, 7) is 6.47. The Balaban J connectivity index is 1.39. The highest BCUT2D eigenvalue weighted by Crippen LogP contribution is 2.45. The summed E-state index contributed by atoms with van der Waals surface area (Å²) in [5, 5.41) is 7.20. The van der Waals surface area contributed by atoms with E-state index in [2.05, 4.69) is 123 Å². The van der Waals surface area contributed by atoms with Crippen molar-refractivity contribution in [3.05, 3.63) is 160 Å². The highest BCUT2D eigenvalue weighted by Gasteiger charge is 2.21. The van der Waals surface area contributed by atoms with E-state index in [0.29, 0.717) is 0 Å². The van der Waals surface area contributed by atoms with E-state index in [0.717, 1.165) is 58.4 Å². The molecule has 0 fully saturated rings. The minimum atomic E-state index is 0.821. The minimum absolute atomic E-state index is 0.821. The second kappa shape index (κ2) is 10.8. The molecular weight excluding hydrogens is 532 g/mol. The van der Waals surface area contributed by atoms with Gasteiger partial charge >= 0.3 is 0 Å². The normalized spacial score (nSPS) is 15.8. The van der Waals surface area contributed by atoms with Crippen molar-refractivity contribution in [2.45, 2.75) is 32.6 Å². The van der Waals surface area contributed by atoms with Crippen LogP contribution in [0.15, 0.2) is 143 Å². The number of benzene rings is 5. The van der Waals surface area contributed by atoms with Crippen LogP contribution in [0, 0.1) is 0 Å². The number of fused-ring (bicyclic) bond motifs is 3. The molecule has 0 amide bonds. The summed E-state index contributed by atoms with van der Waals surface area (Å²) in [6.07, 6.45) is 15.9. The summed E-state index contributed by atoms with van der Waals surface area (Å²) in [6, 6.07) is 35.0. The lowest BCUT2D eigenvalue weighted by Gasteiger charge is -2.24. The number of rotatable bonds is 4. The van der Waals surface area contributed by atoms with Gasteiger partial charge in [-0.2, -0.15) is 0 Å². The molecule has 1 aromatic heterocycles. The first-order valence-corrected chi connectivity index (χ1v) is 15.7. The van der Waals surface area contributed by atoms with Gasteiger partial charge in [-0.15, -0.1) is 0 Å². The Morgan fingerprint density at radius 2 is 1.39 bits per heavy atom. The van der Waals surface area contributed by atoms with Crippen LogP contribution in [0.1, 0.15) is 43.7 Å². The van der Waals surface area contributed by atoms with E-state index < -0.39 is 0 Å². The molecule has 0 unspecified atom stereocenters. The van der Waals surface area contributed by atoms with Crippen LogP contribution < -0.4 is 10.6 Å². The Morgan fingerprint density at radius 1 is 0.705 bits per heavy atom. The zero-order chi connectivity index (χ0) is 29.6. The van der Waals surface area contributed by atoms with E-state index in [1.165, 1.54) is 55.0 Å². The third-order valence-corrected chi connectivity index (χ3v) is 9.32. The van der Waals surface area contributed by atoms with Gasteiger partial charge in [-0.05, 0) is 105 Å². The standard InChI is InChI=1S/C43H34O/c1-3-13-35(43-28(2)34-18-10-11-23-40(34)44-43)31-16-12-17-32(27-31)41-36-19-6-8-21-38(36)42(39-22-9-7-20-37(39)41)33-25-24-29-14-4-5-15-30(29)26-33/h3-4,6-14,16-23,26-27H,2,5,15,24-25H2,1H3/b13-3-,43-35-. The van der Waals surface area contributed by atoms with Gasteiger partial charge < -0.3 is 4.42 Å². The molecule has 44 heavy (non-hydrogen) atoms. The van der Waals surface area contributed by atoms with E-state index in [9.17, 15) is 0 Å². The molecule has 1 nitrogen and oxygen atoms in total. The second-order valence-corrected chi connectivity index (χ2v) is 11.9. The number of allylic oxidation sites excluding steroid dienone is 8. The average Bonchev–Trinajstić information content (AvgIpc) is 3.41. The molecule has 0 N–H and O–H groups in total. The van der Waals surface area contributed by atoms with Crippen molar-refractivity contribution in [2.24, 2.45) is 0 Å². The van der Waals surface area contributed by atoms with Crippen molar-refractivity contribution in [3.8, 4) is 11.1 Å². The zero-order valence-corrected chi connectivity index (χ0v) is 25.1. The van der Waals surface area contributed by atoms with Crippen LogP contribution in [0.25, 0.3) is 61.4 Å². The molecular formula is C43H34O. The SMILES string of the molecule is C=c1/c(=C(\C=C/C)c2cccc(-c3c4ccccc4c(C4=CC5=C(C=CCC5)CC4)c4ccccc34)c2)oc2ccccc12. The average molecular weight is 567 g/mol. The maximum atomic E-state index is 6.41. The molecule has 8 rings (SSSR count). The van der Waals surface area contributed by atoms with Crippen LogP contribution in [-0.4, -0.2) is 0 Å². The van der Waals surface area contributed by atoms with Crippen molar-refractivity contribution < 1.29 is 4.42 Å². The number of para-hydroxylation sites is 1.